The van der Waals surface area contributed by atoms with Gasteiger partial charge in [0.1, 0.15) is 5.75 Å². The number of hydrogen-bond acceptors (Lipinski definition) is 1. The fraction of sp³-hybridized carbons (Fsp3) is 0.727. The topological polar surface area (TPSA) is 9.23 Å². The van der Waals surface area contributed by atoms with Gasteiger partial charge in [0.05, 0.1) is 7.11 Å². The van der Waals surface area contributed by atoms with Crippen LogP contribution in [0, 0.1) is 17.8 Å². The summed E-state index contributed by atoms with van der Waals surface area (Å²) in [5.74, 6) is -0.972. The van der Waals surface area contributed by atoms with Crippen molar-refractivity contribution in [3.63, 3.8) is 0 Å². The molecule has 1 nitrogen and oxygen atoms in total. The second kappa shape index (κ2) is 8.05. The molecule has 2 aliphatic rings. The molecule has 0 spiro atoms. The molecule has 2 saturated carbocycles. The van der Waals surface area contributed by atoms with Crippen LogP contribution < -0.4 is 4.74 Å². The average Bonchev–Trinajstić information content (AvgIpc) is 2.62. The van der Waals surface area contributed by atoms with Gasteiger partial charge in [0.2, 0.25) is 0 Å². The van der Waals surface area contributed by atoms with Crippen molar-refractivity contribution in [2.75, 3.05) is 7.11 Å². The maximum absolute atomic E-state index is 14.7. The fourth-order valence-corrected chi connectivity index (χ4v) is 5.23. The van der Waals surface area contributed by atoms with E-state index in [0.29, 0.717) is 5.92 Å². The van der Waals surface area contributed by atoms with E-state index < -0.39 is 5.92 Å². The van der Waals surface area contributed by atoms with E-state index >= 15 is 0 Å². The van der Waals surface area contributed by atoms with Crippen molar-refractivity contribution in [3.05, 3.63) is 29.8 Å². The van der Waals surface area contributed by atoms with Crippen LogP contribution in [0.25, 0.3) is 0 Å². The molecule has 2 atom stereocenters. The maximum atomic E-state index is 14.7. The van der Waals surface area contributed by atoms with Crippen LogP contribution in [0.3, 0.4) is 0 Å². The average molecular weight is 350 g/mol. The van der Waals surface area contributed by atoms with Crippen LogP contribution in [0.2, 0.25) is 0 Å². The predicted octanol–water partition coefficient (Wildman–Crippen LogP) is 6.82. The number of methoxy groups -OCH3 is 1. The summed E-state index contributed by atoms with van der Waals surface area (Å²) in [7, 11) is 1.68. The Morgan fingerprint density at radius 3 is 2.24 bits per heavy atom. The summed E-state index contributed by atoms with van der Waals surface area (Å²) >= 11 is 0. The minimum Gasteiger partial charge on any atom is -0.497 e. The lowest BCUT2D eigenvalue weighted by Crippen LogP contribution is -2.41. The van der Waals surface area contributed by atoms with E-state index in [-0.39, 0.29) is 24.2 Å². The molecule has 2 aliphatic carbocycles. The SMILES string of the molecule is CCC[C@@H]1CC[C@@H](C2CCC(c3ccc(OC)cc3)CC2)C(F)(F)C1. The number of halogens is 2. The quantitative estimate of drug-likeness (QED) is 0.566. The molecule has 0 bridgehead atoms. The monoisotopic (exact) mass is 350 g/mol. The number of alkyl halides is 2. The molecule has 1 aromatic rings. The lowest BCUT2D eigenvalue weighted by atomic mass is 9.66. The molecule has 3 rings (SSSR count). The molecule has 0 N–H and O–H groups in total. The highest BCUT2D eigenvalue weighted by atomic mass is 19.3. The van der Waals surface area contributed by atoms with Crippen molar-refractivity contribution < 1.29 is 13.5 Å². The third-order valence-corrected chi connectivity index (χ3v) is 6.61. The summed E-state index contributed by atoms with van der Waals surface area (Å²) in [6.07, 6.45) is 7.85. The summed E-state index contributed by atoms with van der Waals surface area (Å²) in [5.41, 5.74) is 1.33. The van der Waals surface area contributed by atoms with Gasteiger partial charge in [-0.25, -0.2) is 8.78 Å². The van der Waals surface area contributed by atoms with Crippen LogP contribution in [-0.2, 0) is 0 Å². The van der Waals surface area contributed by atoms with Gasteiger partial charge in [-0.2, -0.15) is 0 Å². The normalized spacial score (nSPS) is 32.3. The highest BCUT2D eigenvalue weighted by molar-refractivity contribution is 5.29. The molecule has 2 fully saturated rings. The zero-order chi connectivity index (χ0) is 17.9. The number of hydrogen-bond donors (Lipinski definition) is 0. The summed E-state index contributed by atoms with van der Waals surface area (Å²) in [4.78, 5) is 0. The van der Waals surface area contributed by atoms with Crippen LogP contribution in [0.5, 0.6) is 5.75 Å². The van der Waals surface area contributed by atoms with Gasteiger partial charge >= 0.3 is 0 Å². The van der Waals surface area contributed by atoms with Gasteiger partial charge < -0.3 is 4.74 Å². The van der Waals surface area contributed by atoms with Crippen molar-refractivity contribution >= 4 is 0 Å². The third kappa shape index (κ3) is 4.35. The molecule has 1 aromatic carbocycles. The molecule has 0 radical (unpaired) electrons. The van der Waals surface area contributed by atoms with Crippen LogP contribution in [-0.4, -0.2) is 13.0 Å². The first-order valence-electron chi connectivity index (χ1n) is 10.0. The van der Waals surface area contributed by atoms with Gasteiger partial charge in [-0.1, -0.05) is 31.9 Å². The number of rotatable bonds is 5. The molecule has 0 aliphatic heterocycles. The third-order valence-electron chi connectivity index (χ3n) is 6.61. The Bertz CT molecular complexity index is 531. The van der Waals surface area contributed by atoms with E-state index in [1.165, 1.54) is 5.56 Å². The first kappa shape index (κ1) is 18.7. The fourth-order valence-electron chi connectivity index (χ4n) is 5.23. The van der Waals surface area contributed by atoms with Gasteiger partial charge in [-0.05, 0) is 74.0 Å². The van der Waals surface area contributed by atoms with Gasteiger partial charge in [0, 0.05) is 12.3 Å². The molecule has 3 heteroatoms. The van der Waals surface area contributed by atoms with E-state index in [0.717, 1.165) is 57.1 Å². The molecular formula is C22H32F2O. The van der Waals surface area contributed by atoms with E-state index in [4.69, 9.17) is 4.74 Å². The lowest BCUT2D eigenvalue weighted by Gasteiger charge is -2.42. The second-order valence-corrected chi connectivity index (χ2v) is 8.19. The highest BCUT2D eigenvalue weighted by Gasteiger charge is 2.48. The highest BCUT2D eigenvalue weighted by Crippen LogP contribution is 2.50. The molecule has 0 aromatic heterocycles. The minimum atomic E-state index is -2.45. The van der Waals surface area contributed by atoms with E-state index in [2.05, 4.69) is 19.1 Å². The van der Waals surface area contributed by atoms with Gasteiger partial charge in [0.25, 0.3) is 5.92 Å². The van der Waals surface area contributed by atoms with Crippen LogP contribution in [0.4, 0.5) is 8.78 Å². The Labute approximate surface area is 151 Å². The van der Waals surface area contributed by atoms with Crippen molar-refractivity contribution in [1.82, 2.24) is 0 Å². The van der Waals surface area contributed by atoms with Crippen LogP contribution in [0.15, 0.2) is 24.3 Å². The van der Waals surface area contributed by atoms with Crippen molar-refractivity contribution in [1.29, 1.82) is 0 Å². The Balaban J connectivity index is 1.56. The van der Waals surface area contributed by atoms with Crippen LogP contribution >= 0.6 is 0 Å². The standard InChI is InChI=1S/C22H32F2O/c1-3-4-16-5-14-21(22(23,24)15-16)19-8-6-17(7-9-19)18-10-12-20(25-2)13-11-18/h10-13,16-17,19,21H,3-9,14-15H2,1-2H3/t16-,17?,19?,21+/m1/s1. The largest absolute Gasteiger partial charge is 0.497 e. The molecule has 0 saturated heterocycles. The molecular weight excluding hydrogens is 318 g/mol. The van der Waals surface area contributed by atoms with Crippen molar-refractivity contribution in [2.45, 2.75) is 76.6 Å². The van der Waals surface area contributed by atoms with Gasteiger partial charge in [-0.3, -0.25) is 0 Å². The molecule has 0 heterocycles. The Hall–Kier alpha value is -1.12. The maximum Gasteiger partial charge on any atom is 0.251 e. The Morgan fingerprint density at radius 1 is 1.00 bits per heavy atom. The van der Waals surface area contributed by atoms with Gasteiger partial charge in [0.15, 0.2) is 0 Å². The Morgan fingerprint density at radius 2 is 1.68 bits per heavy atom. The summed E-state index contributed by atoms with van der Waals surface area (Å²) in [6.45, 7) is 2.10. The van der Waals surface area contributed by atoms with E-state index in [1.54, 1.807) is 7.11 Å². The first-order chi connectivity index (χ1) is 12.0. The first-order valence-corrected chi connectivity index (χ1v) is 10.0. The number of ether oxygens (including phenoxy) is 1. The summed E-state index contributed by atoms with van der Waals surface area (Å²) < 4.78 is 34.7. The van der Waals surface area contributed by atoms with Crippen molar-refractivity contribution in [2.24, 2.45) is 17.8 Å². The zero-order valence-corrected chi connectivity index (χ0v) is 15.6. The summed E-state index contributed by atoms with van der Waals surface area (Å²) in [5, 5.41) is 0. The lowest BCUT2D eigenvalue weighted by molar-refractivity contribution is -0.127. The zero-order valence-electron chi connectivity index (χ0n) is 15.6. The van der Waals surface area contributed by atoms with Crippen molar-refractivity contribution in [3.8, 4) is 5.75 Å². The molecule has 25 heavy (non-hydrogen) atoms. The van der Waals surface area contributed by atoms with Gasteiger partial charge in [-0.15, -0.1) is 0 Å². The molecule has 0 amide bonds. The van der Waals surface area contributed by atoms with E-state index in [1.807, 2.05) is 12.1 Å². The van der Waals surface area contributed by atoms with Crippen LogP contribution in [0.1, 0.15) is 76.2 Å². The predicted molar refractivity (Wildman–Crippen MR) is 98.4 cm³/mol. The second-order valence-electron chi connectivity index (χ2n) is 8.19. The van der Waals surface area contributed by atoms with E-state index in [9.17, 15) is 8.78 Å². The molecule has 140 valence electrons. The number of benzene rings is 1. The smallest absolute Gasteiger partial charge is 0.251 e. The minimum absolute atomic E-state index is 0.129. The molecule has 0 unspecified atom stereocenters. The Kier molecular flexibility index (Phi) is 6.01. The summed E-state index contributed by atoms with van der Waals surface area (Å²) in [6, 6.07) is 8.28.